The van der Waals surface area contributed by atoms with Crippen molar-refractivity contribution < 1.29 is 28.5 Å². The van der Waals surface area contributed by atoms with E-state index in [1.165, 1.54) is 24.0 Å². The van der Waals surface area contributed by atoms with Gasteiger partial charge in [-0.25, -0.2) is 0 Å². The van der Waals surface area contributed by atoms with E-state index in [1.807, 2.05) is 0 Å². The number of piperazine rings is 1. The fourth-order valence-electron chi connectivity index (χ4n) is 2.46. The van der Waals surface area contributed by atoms with Crippen LogP contribution in [0.15, 0.2) is 0 Å². The SMILES string of the molecule is CN1C[C@H]2C[C@@H]1C[N+]2(C)C.[I-]. The zero-order valence-electron chi connectivity index (χ0n) is 7.55. The average Bonchev–Trinajstić information content (AvgIpc) is 2.21. The molecule has 2 aliphatic rings. The van der Waals surface area contributed by atoms with Crippen molar-refractivity contribution in [2.24, 2.45) is 0 Å². The Balaban J connectivity index is 0.000000605. The van der Waals surface area contributed by atoms with Gasteiger partial charge in [0.25, 0.3) is 0 Å². The molecule has 0 saturated carbocycles. The van der Waals surface area contributed by atoms with Crippen molar-refractivity contribution in [2.45, 2.75) is 18.5 Å². The molecule has 0 unspecified atom stereocenters. The Morgan fingerprint density at radius 2 is 2.00 bits per heavy atom. The highest BCUT2D eigenvalue weighted by molar-refractivity contribution is 4.89. The summed E-state index contributed by atoms with van der Waals surface area (Å²) in [5.74, 6) is 0. The number of likely N-dealkylation sites (tertiary alicyclic amines) is 2. The molecule has 0 aromatic rings. The molecular formula is C8H17IN2. The fourth-order valence-corrected chi connectivity index (χ4v) is 2.46. The van der Waals surface area contributed by atoms with E-state index in [2.05, 4.69) is 26.0 Å². The molecule has 2 fully saturated rings. The molecule has 66 valence electrons. The number of hydrogen-bond acceptors (Lipinski definition) is 1. The van der Waals surface area contributed by atoms with Crippen LogP contribution < -0.4 is 24.0 Å². The first-order valence-electron chi connectivity index (χ1n) is 4.12. The third kappa shape index (κ3) is 1.42. The molecule has 0 aromatic carbocycles. The van der Waals surface area contributed by atoms with Gasteiger partial charge in [0, 0.05) is 6.42 Å². The van der Waals surface area contributed by atoms with Crippen LogP contribution >= 0.6 is 0 Å². The summed E-state index contributed by atoms with van der Waals surface area (Å²) in [7, 11) is 6.97. The van der Waals surface area contributed by atoms with Gasteiger partial charge in [-0.3, -0.25) is 4.90 Å². The number of rotatable bonds is 0. The number of nitrogens with zero attached hydrogens (tertiary/aromatic N) is 2. The van der Waals surface area contributed by atoms with E-state index >= 15 is 0 Å². The van der Waals surface area contributed by atoms with E-state index < -0.39 is 0 Å². The minimum atomic E-state index is 0. The molecule has 0 amide bonds. The predicted molar refractivity (Wildman–Crippen MR) is 41.8 cm³/mol. The molecule has 0 N–H and O–H groups in total. The Hall–Kier alpha value is 0.650. The summed E-state index contributed by atoms with van der Waals surface area (Å²) in [5, 5.41) is 0. The lowest BCUT2D eigenvalue weighted by Gasteiger charge is -2.37. The number of quaternary nitrogens is 1. The first kappa shape index (κ1) is 9.74. The maximum Gasteiger partial charge on any atom is 0.103 e. The van der Waals surface area contributed by atoms with E-state index in [4.69, 9.17) is 0 Å². The molecule has 3 heteroatoms. The molecule has 0 spiro atoms. The van der Waals surface area contributed by atoms with Crippen LogP contribution in [0.5, 0.6) is 0 Å². The highest BCUT2D eigenvalue weighted by Gasteiger charge is 2.48. The van der Waals surface area contributed by atoms with E-state index in [-0.39, 0.29) is 24.0 Å². The van der Waals surface area contributed by atoms with Gasteiger partial charge in [0.05, 0.1) is 33.2 Å². The molecule has 0 radical (unpaired) electrons. The van der Waals surface area contributed by atoms with Crippen molar-refractivity contribution in [1.82, 2.24) is 4.90 Å². The third-order valence-corrected chi connectivity index (χ3v) is 3.34. The van der Waals surface area contributed by atoms with Crippen molar-refractivity contribution in [3.63, 3.8) is 0 Å². The van der Waals surface area contributed by atoms with E-state index in [1.54, 1.807) is 0 Å². The van der Waals surface area contributed by atoms with Crippen molar-refractivity contribution in [3.8, 4) is 0 Å². The Labute approximate surface area is 86.2 Å². The van der Waals surface area contributed by atoms with E-state index in [0.29, 0.717) is 0 Å². The summed E-state index contributed by atoms with van der Waals surface area (Å²) in [6, 6.07) is 1.81. The molecule has 2 bridgehead atoms. The average molecular weight is 268 g/mol. The number of halogens is 1. The fraction of sp³-hybridized carbons (Fsp3) is 1.00. The van der Waals surface area contributed by atoms with Gasteiger partial charge in [-0.2, -0.15) is 0 Å². The maximum atomic E-state index is 2.51. The lowest BCUT2D eigenvalue weighted by Crippen LogP contribution is -3.00. The maximum absolute atomic E-state index is 2.51. The molecule has 0 aliphatic carbocycles. The third-order valence-electron chi connectivity index (χ3n) is 3.34. The van der Waals surface area contributed by atoms with Crippen LogP contribution in [0.3, 0.4) is 0 Å². The molecule has 2 saturated heterocycles. The van der Waals surface area contributed by atoms with Crippen LogP contribution in [0, 0.1) is 0 Å². The number of fused-ring (bicyclic) bond motifs is 2. The second kappa shape index (κ2) is 2.85. The number of likely N-dealkylation sites (N-methyl/N-ethyl adjacent to an activating group) is 2. The molecule has 2 aliphatic heterocycles. The molecule has 2 atom stereocenters. The zero-order valence-corrected chi connectivity index (χ0v) is 9.71. The van der Waals surface area contributed by atoms with Crippen LogP contribution in [0.2, 0.25) is 0 Å². The molecule has 11 heavy (non-hydrogen) atoms. The summed E-state index contributed by atoms with van der Waals surface area (Å²) in [4.78, 5) is 2.51. The van der Waals surface area contributed by atoms with Crippen molar-refractivity contribution in [3.05, 3.63) is 0 Å². The Kier molecular flexibility index (Phi) is 2.52. The lowest BCUT2D eigenvalue weighted by molar-refractivity contribution is -0.906. The van der Waals surface area contributed by atoms with E-state index in [0.717, 1.165) is 12.1 Å². The predicted octanol–water partition coefficient (Wildman–Crippen LogP) is -2.85. The van der Waals surface area contributed by atoms with Crippen LogP contribution in [-0.2, 0) is 0 Å². The van der Waals surface area contributed by atoms with Crippen LogP contribution in [0.25, 0.3) is 0 Å². The van der Waals surface area contributed by atoms with Gasteiger partial charge in [0.2, 0.25) is 0 Å². The molecular weight excluding hydrogens is 251 g/mol. The minimum Gasteiger partial charge on any atom is -1.00 e. The summed E-state index contributed by atoms with van der Waals surface area (Å²) >= 11 is 0. The summed E-state index contributed by atoms with van der Waals surface area (Å²) < 4.78 is 1.26. The molecule has 0 aromatic heterocycles. The van der Waals surface area contributed by atoms with E-state index in [9.17, 15) is 0 Å². The smallest absolute Gasteiger partial charge is 0.103 e. The molecule has 2 rings (SSSR count). The standard InChI is InChI=1S/C8H17N2.HI/c1-9-5-8-4-7(9)6-10(8,2)3;/h7-8H,4-6H2,1-3H3;1H/q+1;/p-1/t7-,8-;/m1./s1. The van der Waals surface area contributed by atoms with Crippen molar-refractivity contribution >= 4 is 0 Å². The Morgan fingerprint density at radius 3 is 2.27 bits per heavy atom. The summed E-state index contributed by atoms with van der Waals surface area (Å²) in [6.07, 6.45) is 1.43. The zero-order chi connectivity index (χ0) is 7.35. The van der Waals surface area contributed by atoms with Crippen molar-refractivity contribution in [2.75, 3.05) is 34.2 Å². The quantitative estimate of drug-likeness (QED) is 0.338. The van der Waals surface area contributed by atoms with Gasteiger partial charge in [-0.05, 0) is 7.05 Å². The monoisotopic (exact) mass is 268 g/mol. The summed E-state index contributed by atoms with van der Waals surface area (Å²) in [5.41, 5.74) is 0. The highest BCUT2D eigenvalue weighted by Crippen LogP contribution is 2.32. The Morgan fingerprint density at radius 1 is 1.36 bits per heavy atom. The lowest BCUT2D eigenvalue weighted by atomic mass is 10.2. The second-order valence-electron chi connectivity index (χ2n) is 4.44. The van der Waals surface area contributed by atoms with Crippen LogP contribution in [-0.4, -0.2) is 55.7 Å². The second-order valence-corrected chi connectivity index (χ2v) is 4.44. The number of hydrogen-bond donors (Lipinski definition) is 0. The van der Waals surface area contributed by atoms with Gasteiger partial charge in [0.15, 0.2) is 0 Å². The largest absolute Gasteiger partial charge is 1.00 e. The van der Waals surface area contributed by atoms with Gasteiger partial charge < -0.3 is 28.5 Å². The first-order valence-corrected chi connectivity index (χ1v) is 4.12. The highest BCUT2D eigenvalue weighted by atomic mass is 127. The van der Waals surface area contributed by atoms with Crippen molar-refractivity contribution in [1.29, 1.82) is 0 Å². The topological polar surface area (TPSA) is 3.24 Å². The van der Waals surface area contributed by atoms with Gasteiger partial charge in [-0.15, -0.1) is 0 Å². The molecule has 2 nitrogen and oxygen atoms in total. The van der Waals surface area contributed by atoms with Crippen LogP contribution in [0.4, 0.5) is 0 Å². The first-order chi connectivity index (χ1) is 4.59. The molecule has 2 heterocycles. The minimum absolute atomic E-state index is 0. The van der Waals surface area contributed by atoms with Crippen LogP contribution in [0.1, 0.15) is 6.42 Å². The van der Waals surface area contributed by atoms with Gasteiger partial charge in [0.1, 0.15) is 6.04 Å². The normalized spacial score (nSPS) is 40.6. The Bertz CT molecular complexity index is 156. The summed E-state index contributed by atoms with van der Waals surface area (Å²) in [6.45, 7) is 2.68. The van der Waals surface area contributed by atoms with Gasteiger partial charge >= 0.3 is 0 Å². The van der Waals surface area contributed by atoms with Gasteiger partial charge in [-0.1, -0.05) is 0 Å².